The zero-order valence-corrected chi connectivity index (χ0v) is 12.7. The van der Waals surface area contributed by atoms with E-state index in [9.17, 15) is 0 Å². The zero-order chi connectivity index (χ0) is 14.1. The molecule has 6 heteroatoms. The number of rotatable bonds is 2. The molecule has 22 heavy (non-hydrogen) atoms. The van der Waals surface area contributed by atoms with Gasteiger partial charge in [-0.3, -0.25) is 0 Å². The fourth-order valence-electron chi connectivity index (χ4n) is 2.62. The van der Waals surface area contributed by atoms with Gasteiger partial charge in [-0.15, -0.1) is 12.4 Å². The molecular weight excluding hydrogens is 302 g/mol. The van der Waals surface area contributed by atoms with Crippen molar-refractivity contribution < 1.29 is 9.26 Å². The van der Waals surface area contributed by atoms with Crippen molar-refractivity contribution in [2.24, 2.45) is 0 Å². The van der Waals surface area contributed by atoms with E-state index in [2.05, 4.69) is 33.7 Å². The van der Waals surface area contributed by atoms with E-state index in [1.807, 2.05) is 24.3 Å². The first-order valence-electron chi connectivity index (χ1n) is 7.06. The van der Waals surface area contributed by atoms with E-state index in [1.165, 1.54) is 0 Å². The van der Waals surface area contributed by atoms with E-state index in [0.29, 0.717) is 24.9 Å². The summed E-state index contributed by atoms with van der Waals surface area (Å²) in [5.74, 6) is 1.14. The third-order valence-electron chi connectivity index (χ3n) is 3.68. The second kappa shape index (κ2) is 6.44. The lowest BCUT2D eigenvalue weighted by Crippen LogP contribution is -2.33. The Morgan fingerprint density at radius 2 is 1.95 bits per heavy atom. The molecule has 0 saturated carbocycles. The fraction of sp³-hybridized carbons (Fsp3) is 0.250. The molecule has 2 heterocycles. The number of fused-ring (bicyclic) bond motifs is 1. The van der Waals surface area contributed by atoms with Crippen molar-refractivity contribution >= 4 is 23.2 Å². The smallest absolute Gasteiger partial charge is 0.257 e. The van der Waals surface area contributed by atoms with E-state index in [0.717, 1.165) is 22.9 Å². The maximum atomic E-state index is 5.64. The van der Waals surface area contributed by atoms with Crippen LogP contribution in [-0.2, 0) is 4.74 Å². The molecule has 4 rings (SSSR count). The van der Waals surface area contributed by atoms with Gasteiger partial charge < -0.3 is 14.6 Å². The molecule has 2 aromatic carbocycles. The highest BCUT2D eigenvalue weighted by atomic mass is 35.5. The van der Waals surface area contributed by atoms with Crippen LogP contribution in [0.5, 0.6) is 0 Å². The van der Waals surface area contributed by atoms with E-state index in [1.54, 1.807) is 0 Å². The van der Waals surface area contributed by atoms with Gasteiger partial charge in [-0.1, -0.05) is 47.6 Å². The molecule has 1 aliphatic heterocycles. The summed E-state index contributed by atoms with van der Waals surface area (Å²) in [4.78, 5) is 4.51. The molecule has 0 aliphatic carbocycles. The van der Waals surface area contributed by atoms with Crippen LogP contribution < -0.4 is 5.32 Å². The molecular formula is C16H16ClN3O2. The first kappa shape index (κ1) is 15.0. The third-order valence-corrected chi connectivity index (χ3v) is 3.68. The van der Waals surface area contributed by atoms with Crippen molar-refractivity contribution in [2.75, 3.05) is 19.7 Å². The number of ether oxygens (including phenoxy) is 1. The molecule has 1 aliphatic rings. The number of aromatic nitrogens is 2. The molecule has 1 aromatic heterocycles. The molecule has 0 amide bonds. The van der Waals surface area contributed by atoms with Gasteiger partial charge in [0.25, 0.3) is 5.89 Å². The minimum atomic E-state index is -0.157. The van der Waals surface area contributed by atoms with Gasteiger partial charge in [0.2, 0.25) is 5.82 Å². The van der Waals surface area contributed by atoms with Crippen LogP contribution in [0.2, 0.25) is 0 Å². The number of hydrogen-bond acceptors (Lipinski definition) is 5. The molecule has 0 radical (unpaired) electrons. The minimum absolute atomic E-state index is 0. The molecule has 0 unspecified atom stereocenters. The molecule has 114 valence electrons. The highest BCUT2D eigenvalue weighted by Gasteiger charge is 2.22. The van der Waals surface area contributed by atoms with Gasteiger partial charge in [-0.05, 0) is 10.8 Å². The quantitative estimate of drug-likeness (QED) is 0.787. The minimum Gasteiger partial charge on any atom is -0.366 e. The SMILES string of the molecule is Cl.c1ccc2c(-c3noc([C@H]4CNCCO4)n3)cccc2c1. The summed E-state index contributed by atoms with van der Waals surface area (Å²) >= 11 is 0. The Balaban J connectivity index is 0.00000144. The Kier molecular flexibility index (Phi) is 4.38. The lowest BCUT2D eigenvalue weighted by molar-refractivity contribution is 0.00755. The number of hydrogen-bond donors (Lipinski definition) is 1. The summed E-state index contributed by atoms with van der Waals surface area (Å²) in [6.07, 6.45) is -0.157. The van der Waals surface area contributed by atoms with E-state index in [-0.39, 0.29) is 18.5 Å². The predicted octanol–water partition coefficient (Wildman–Crippen LogP) is 2.97. The maximum Gasteiger partial charge on any atom is 0.257 e. The summed E-state index contributed by atoms with van der Waals surface area (Å²) in [5.41, 5.74) is 0.979. The van der Waals surface area contributed by atoms with Crippen LogP contribution in [0.25, 0.3) is 22.2 Å². The van der Waals surface area contributed by atoms with Gasteiger partial charge in [0, 0.05) is 18.7 Å². The van der Waals surface area contributed by atoms with Crippen molar-refractivity contribution in [1.29, 1.82) is 0 Å². The lowest BCUT2D eigenvalue weighted by Gasteiger charge is -2.19. The first-order valence-corrected chi connectivity index (χ1v) is 7.06. The van der Waals surface area contributed by atoms with Crippen molar-refractivity contribution in [2.45, 2.75) is 6.10 Å². The first-order chi connectivity index (χ1) is 10.4. The summed E-state index contributed by atoms with van der Waals surface area (Å²) in [6.45, 7) is 2.23. The Morgan fingerprint density at radius 1 is 1.09 bits per heavy atom. The summed E-state index contributed by atoms with van der Waals surface area (Å²) in [6, 6.07) is 14.3. The maximum absolute atomic E-state index is 5.64. The number of morpholine rings is 1. The molecule has 3 aromatic rings. The van der Waals surface area contributed by atoms with Crippen LogP contribution in [0, 0.1) is 0 Å². The molecule has 1 atom stereocenters. The summed E-state index contributed by atoms with van der Waals surface area (Å²) < 4.78 is 11.0. The highest BCUT2D eigenvalue weighted by molar-refractivity contribution is 5.94. The van der Waals surface area contributed by atoms with Gasteiger partial charge in [0.05, 0.1) is 6.61 Å². The van der Waals surface area contributed by atoms with E-state index in [4.69, 9.17) is 9.26 Å². The van der Waals surface area contributed by atoms with Crippen molar-refractivity contribution in [3.63, 3.8) is 0 Å². The fourth-order valence-corrected chi connectivity index (χ4v) is 2.62. The topological polar surface area (TPSA) is 60.2 Å². The molecule has 1 saturated heterocycles. The number of benzene rings is 2. The van der Waals surface area contributed by atoms with Crippen molar-refractivity contribution in [1.82, 2.24) is 15.5 Å². The normalized spacial score (nSPS) is 18.1. The zero-order valence-electron chi connectivity index (χ0n) is 11.9. The van der Waals surface area contributed by atoms with Crippen LogP contribution in [0.3, 0.4) is 0 Å². The van der Waals surface area contributed by atoms with Gasteiger partial charge in [0.15, 0.2) is 0 Å². The average Bonchev–Trinajstić information content (AvgIpc) is 3.05. The van der Waals surface area contributed by atoms with Gasteiger partial charge in [-0.2, -0.15) is 4.98 Å². The highest BCUT2D eigenvalue weighted by Crippen LogP contribution is 2.28. The predicted molar refractivity (Wildman–Crippen MR) is 86.1 cm³/mol. The Bertz CT molecular complexity index is 763. The van der Waals surface area contributed by atoms with Crippen LogP contribution in [0.1, 0.15) is 12.0 Å². The van der Waals surface area contributed by atoms with Gasteiger partial charge in [-0.25, -0.2) is 0 Å². The molecule has 0 bridgehead atoms. The van der Waals surface area contributed by atoms with Crippen LogP contribution >= 0.6 is 12.4 Å². The number of nitrogens with zero attached hydrogens (tertiary/aromatic N) is 2. The summed E-state index contributed by atoms with van der Waals surface area (Å²) in [7, 11) is 0. The summed E-state index contributed by atoms with van der Waals surface area (Å²) in [5, 5.41) is 9.66. The standard InChI is InChI=1S/C16H15N3O2.ClH/c1-2-6-12-11(4-1)5-3-7-13(12)15-18-16(21-19-15)14-10-17-8-9-20-14;/h1-7,14,17H,8-10H2;1H/t14-;/m1./s1. The van der Waals surface area contributed by atoms with E-state index >= 15 is 0 Å². The van der Waals surface area contributed by atoms with Crippen molar-refractivity contribution in [3.05, 3.63) is 48.4 Å². The van der Waals surface area contributed by atoms with Crippen LogP contribution in [-0.4, -0.2) is 29.8 Å². The second-order valence-electron chi connectivity index (χ2n) is 5.05. The van der Waals surface area contributed by atoms with Crippen molar-refractivity contribution in [3.8, 4) is 11.4 Å². The molecule has 1 fully saturated rings. The second-order valence-corrected chi connectivity index (χ2v) is 5.05. The lowest BCUT2D eigenvalue weighted by atomic mass is 10.0. The monoisotopic (exact) mass is 317 g/mol. The largest absolute Gasteiger partial charge is 0.366 e. The Hall–Kier alpha value is -1.95. The number of nitrogens with one attached hydrogen (secondary N) is 1. The van der Waals surface area contributed by atoms with Crippen LogP contribution in [0.15, 0.2) is 47.0 Å². The molecule has 5 nitrogen and oxygen atoms in total. The average molecular weight is 318 g/mol. The molecule has 1 N–H and O–H groups in total. The molecule has 0 spiro atoms. The number of halogens is 1. The Labute approximate surface area is 134 Å². The third kappa shape index (κ3) is 2.70. The van der Waals surface area contributed by atoms with Gasteiger partial charge in [0.1, 0.15) is 6.10 Å². The van der Waals surface area contributed by atoms with Crippen LogP contribution in [0.4, 0.5) is 0 Å². The van der Waals surface area contributed by atoms with Gasteiger partial charge >= 0.3 is 0 Å². The Morgan fingerprint density at radius 3 is 2.82 bits per heavy atom. The van der Waals surface area contributed by atoms with E-state index < -0.39 is 0 Å².